The van der Waals surface area contributed by atoms with Gasteiger partial charge in [0.05, 0.1) is 13.7 Å². The molecular formula is C13H19NO2. The van der Waals surface area contributed by atoms with Crippen LogP contribution < -0.4 is 10.1 Å². The fourth-order valence-electron chi connectivity index (χ4n) is 2.07. The number of aliphatic hydroxyl groups excluding tert-OH is 1. The van der Waals surface area contributed by atoms with Crippen LogP contribution in [0.2, 0.25) is 0 Å². The molecule has 0 aromatic heterocycles. The quantitative estimate of drug-likeness (QED) is 0.795. The van der Waals surface area contributed by atoms with Gasteiger partial charge < -0.3 is 15.2 Å². The molecule has 2 rings (SSSR count). The van der Waals surface area contributed by atoms with E-state index in [2.05, 4.69) is 11.4 Å². The van der Waals surface area contributed by atoms with Gasteiger partial charge in [-0.3, -0.25) is 0 Å². The molecule has 0 radical (unpaired) electrons. The zero-order valence-electron chi connectivity index (χ0n) is 9.70. The van der Waals surface area contributed by atoms with E-state index in [1.165, 1.54) is 12.0 Å². The van der Waals surface area contributed by atoms with Crippen LogP contribution >= 0.6 is 0 Å². The van der Waals surface area contributed by atoms with Gasteiger partial charge in [-0.15, -0.1) is 0 Å². The van der Waals surface area contributed by atoms with Crippen LogP contribution in [0.3, 0.4) is 0 Å². The first-order valence-corrected chi connectivity index (χ1v) is 5.77. The molecule has 0 spiro atoms. The first kappa shape index (κ1) is 11.4. The molecule has 1 aromatic carbocycles. The number of nitrogens with one attached hydrogen (secondary N) is 1. The Kier molecular flexibility index (Phi) is 3.46. The molecule has 88 valence electrons. The molecule has 0 heterocycles. The highest BCUT2D eigenvalue weighted by molar-refractivity contribution is 5.28. The molecule has 1 aliphatic rings. The highest BCUT2D eigenvalue weighted by Gasteiger charge is 2.35. The van der Waals surface area contributed by atoms with Gasteiger partial charge in [0.1, 0.15) is 5.75 Å². The molecule has 0 amide bonds. The number of benzene rings is 1. The molecule has 1 saturated carbocycles. The molecule has 0 atom stereocenters. The summed E-state index contributed by atoms with van der Waals surface area (Å²) in [6, 6.07) is 8.02. The van der Waals surface area contributed by atoms with Crippen molar-refractivity contribution in [2.24, 2.45) is 0 Å². The van der Waals surface area contributed by atoms with Crippen LogP contribution in [0.25, 0.3) is 0 Å². The lowest BCUT2D eigenvalue weighted by atomic mass is 9.77. The summed E-state index contributed by atoms with van der Waals surface area (Å²) in [5.74, 6) is 0.881. The van der Waals surface area contributed by atoms with Crippen molar-refractivity contribution in [2.45, 2.75) is 31.3 Å². The average molecular weight is 221 g/mol. The first-order valence-electron chi connectivity index (χ1n) is 5.77. The third kappa shape index (κ3) is 2.36. The summed E-state index contributed by atoms with van der Waals surface area (Å²) in [5, 5.41) is 12.8. The van der Waals surface area contributed by atoms with Gasteiger partial charge in [-0.05, 0) is 37.0 Å². The molecule has 0 saturated heterocycles. The second kappa shape index (κ2) is 4.85. The van der Waals surface area contributed by atoms with E-state index in [1.807, 2.05) is 18.2 Å². The maximum Gasteiger partial charge on any atom is 0.119 e. The summed E-state index contributed by atoms with van der Waals surface area (Å²) in [5.41, 5.74) is 1.17. The molecular weight excluding hydrogens is 202 g/mol. The Morgan fingerprint density at radius 1 is 1.44 bits per heavy atom. The van der Waals surface area contributed by atoms with Crippen LogP contribution in [0.4, 0.5) is 0 Å². The molecule has 1 aliphatic carbocycles. The minimum Gasteiger partial charge on any atom is -0.497 e. The Balaban J connectivity index is 1.93. The topological polar surface area (TPSA) is 41.5 Å². The van der Waals surface area contributed by atoms with Crippen molar-refractivity contribution < 1.29 is 9.84 Å². The second-order valence-electron chi connectivity index (χ2n) is 4.50. The average Bonchev–Trinajstić information content (AvgIpc) is 2.29. The number of aliphatic hydroxyl groups is 1. The minimum atomic E-state index is -0.0247. The third-order valence-electron chi connectivity index (χ3n) is 3.41. The standard InChI is InChI=1S/C13H19NO2/c1-16-12-5-2-4-11(8-12)9-14-13(10-15)6-3-7-13/h2,4-5,8,14-15H,3,6-7,9-10H2,1H3. The van der Waals surface area contributed by atoms with Crippen LogP contribution in [0, 0.1) is 0 Å². The summed E-state index contributed by atoms with van der Waals surface area (Å²) >= 11 is 0. The van der Waals surface area contributed by atoms with Gasteiger partial charge in [0.15, 0.2) is 0 Å². The largest absolute Gasteiger partial charge is 0.497 e. The maximum atomic E-state index is 9.33. The van der Waals surface area contributed by atoms with E-state index < -0.39 is 0 Å². The fraction of sp³-hybridized carbons (Fsp3) is 0.538. The van der Waals surface area contributed by atoms with E-state index in [0.717, 1.165) is 25.1 Å². The number of hydrogen-bond donors (Lipinski definition) is 2. The zero-order chi connectivity index (χ0) is 11.4. The summed E-state index contributed by atoms with van der Waals surface area (Å²) in [6.07, 6.45) is 3.37. The normalized spacial score (nSPS) is 17.9. The van der Waals surface area contributed by atoms with Crippen molar-refractivity contribution in [3.63, 3.8) is 0 Å². The first-order chi connectivity index (χ1) is 7.78. The Hall–Kier alpha value is -1.06. The molecule has 3 nitrogen and oxygen atoms in total. The van der Waals surface area contributed by atoms with Crippen molar-refractivity contribution in [2.75, 3.05) is 13.7 Å². The van der Waals surface area contributed by atoms with Gasteiger partial charge in [-0.25, -0.2) is 0 Å². The SMILES string of the molecule is COc1cccc(CNC2(CO)CCC2)c1. The fourth-order valence-corrected chi connectivity index (χ4v) is 2.07. The van der Waals surface area contributed by atoms with E-state index >= 15 is 0 Å². The van der Waals surface area contributed by atoms with Crippen LogP contribution in [0.1, 0.15) is 24.8 Å². The van der Waals surface area contributed by atoms with Crippen LogP contribution in [0.15, 0.2) is 24.3 Å². The van der Waals surface area contributed by atoms with Gasteiger partial charge in [0.2, 0.25) is 0 Å². The zero-order valence-corrected chi connectivity index (χ0v) is 9.70. The van der Waals surface area contributed by atoms with Crippen LogP contribution in [-0.4, -0.2) is 24.4 Å². The smallest absolute Gasteiger partial charge is 0.119 e. The van der Waals surface area contributed by atoms with Crippen molar-refractivity contribution >= 4 is 0 Å². The Morgan fingerprint density at radius 3 is 2.81 bits per heavy atom. The Morgan fingerprint density at radius 2 is 2.25 bits per heavy atom. The predicted molar refractivity (Wildman–Crippen MR) is 63.5 cm³/mol. The number of ether oxygens (including phenoxy) is 1. The van der Waals surface area contributed by atoms with Gasteiger partial charge >= 0.3 is 0 Å². The van der Waals surface area contributed by atoms with Crippen molar-refractivity contribution in [1.82, 2.24) is 5.32 Å². The Bertz CT molecular complexity index is 342. The lowest BCUT2D eigenvalue weighted by Gasteiger charge is -2.41. The van der Waals surface area contributed by atoms with Gasteiger partial charge in [0.25, 0.3) is 0 Å². The highest BCUT2D eigenvalue weighted by Crippen LogP contribution is 2.31. The lowest BCUT2D eigenvalue weighted by Crippen LogP contribution is -2.53. The van der Waals surface area contributed by atoms with E-state index in [0.29, 0.717) is 0 Å². The molecule has 2 N–H and O–H groups in total. The van der Waals surface area contributed by atoms with Crippen LogP contribution in [0.5, 0.6) is 5.75 Å². The van der Waals surface area contributed by atoms with Gasteiger partial charge in [-0.2, -0.15) is 0 Å². The van der Waals surface area contributed by atoms with Crippen LogP contribution in [-0.2, 0) is 6.54 Å². The van der Waals surface area contributed by atoms with E-state index in [1.54, 1.807) is 7.11 Å². The molecule has 0 aliphatic heterocycles. The van der Waals surface area contributed by atoms with Crippen molar-refractivity contribution in [3.8, 4) is 5.75 Å². The number of rotatable bonds is 5. The summed E-state index contributed by atoms with van der Waals surface area (Å²) in [7, 11) is 1.67. The summed E-state index contributed by atoms with van der Waals surface area (Å²) in [4.78, 5) is 0. The maximum absolute atomic E-state index is 9.33. The predicted octanol–water partition coefficient (Wildman–Crippen LogP) is 1.70. The van der Waals surface area contributed by atoms with Gasteiger partial charge in [0, 0.05) is 12.1 Å². The van der Waals surface area contributed by atoms with E-state index in [4.69, 9.17) is 4.74 Å². The lowest BCUT2D eigenvalue weighted by molar-refractivity contribution is 0.0872. The molecule has 1 fully saturated rings. The van der Waals surface area contributed by atoms with Crippen molar-refractivity contribution in [3.05, 3.63) is 29.8 Å². The van der Waals surface area contributed by atoms with E-state index in [-0.39, 0.29) is 12.1 Å². The monoisotopic (exact) mass is 221 g/mol. The summed E-state index contributed by atoms with van der Waals surface area (Å²) < 4.78 is 5.18. The molecule has 0 bridgehead atoms. The van der Waals surface area contributed by atoms with Gasteiger partial charge in [-0.1, -0.05) is 12.1 Å². The van der Waals surface area contributed by atoms with Crippen molar-refractivity contribution in [1.29, 1.82) is 0 Å². The Labute approximate surface area is 96.4 Å². The molecule has 0 unspecified atom stereocenters. The number of hydrogen-bond acceptors (Lipinski definition) is 3. The van der Waals surface area contributed by atoms with E-state index in [9.17, 15) is 5.11 Å². The minimum absolute atomic E-state index is 0.0247. The summed E-state index contributed by atoms with van der Waals surface area (Å²) in [6.45, 7) is 1.02. The molecule has 16 heavy (non-hydrogen) atoms. The molecule has 1 aromatic rings. The number of methoxy groups -OCH3 is 1. The highest BCUT2D eigenvalue weighted by atomic mass is 16.5. The third-order valence-corrected chi connectivity index (χ3v) is 3.41. The second-order valence-corrected chi connectivity index (χ2v) is 4.50. The molecule has 3 heteroatoms.